The predicted molar refractivity (Wildman–Crippen MR) is 60.8 cm³/mol. The highest BCUT2D eigenvalue weighted by Gasteiger charge is 2.18. The summed E-state index contributed by atoms with van der Waals surface area (Å²) in [4.78, 5) is 0. The van der Waals surface area contributed by atoms with E-state index in [0.29, 0.717) is 25.0 Å². The predicted octanol–water partition coefficient (Wildman–Crippen LogP) is -0.475. The third-order valence-corrected chi connectivity index (χ3v) is 3.61. The molecule has 1 aliphatic rings. The Morgan fingerprint density at radius 2 is 2.07 bits per heavy atom. The molecule has 0 saturated heterocycles. The summed E-state index contributed by atoms with van der Waals surface area (Å²) in [6.45, 7) is 0.702. The van der Waals surface area contributed by atoms with Crippen LogP contribution < -0.4 is 16.2 Å². The molecule has 5 nitrogen and oxygen atoms in total. The van der Waals surface area contributed by atoms with Crippen LogP contribution in [0.15, 0.2) is 0 Å². The van der Waals surface area contributed by atoms with Gasteiger partial charge in [0, 0.05) is 12.1 Å². The van der Waals surface area contributed by atoms with Gasteiger partial charge in [0.25, 0.3) is 0 Å². The molecule has 0 aromatic heterocycles. The van der Waals surface area contributed by atoms with Crippen LogP contribution >= 0.6 is 0 Å². The molecule has 0 aliphatic heterocycles. The van der Waals surface area contributed by atoms with Gasteiger partial charge in [0.1, 0.15) is 0 Å². The Morgan fingerprint density at radius 3 is 2.67 bits per heavy atom. The normalized spacial score (nSPS) is 27.9. The Hall–Kier alpha value is -0.170. The number of nitrogens with one attached hydrogen (secondary N) is 1. The van der Waals surface area contributed by atoms with Gasteiger partial charge in [0.05, 0.1) is 5.75 Å². The van der Waals surface area contributed by atoms with Gasteiger partial charge in [-0.3, -0.25) is 0 Å². The highest BCUT2D eigenvalue weighted by Crippen LogP contribution is 2.16. The molecule has 0 aromatic rings. The minimum absolute atomic E-state index is 0.0543. The zero-order valence-corrected chi connectivity index (χ0v) is 9.80. The SMILES string of the molecule is NC1CCCC(NCCCS(N)(=O)=O)C1. The number of hydrogen-bond acceptors (Lipinski definition) is 4. The Bertz CT molecular complexity index is 279. The molecule has 5 N–H and O–H groups in total. The van der Waals surface area contributed by atoms with E-state index in [-0.39, 0.29) is 5.75 Å². The standard InChI is InChI=1S/C9H21N3O2S/c10-8-3-1-4-9(7-8)12-5-2-6-15(11,13)14/h8-9,12H,1-7,10H2,(H2,11,13,14). The molecule has 0 amide bonds. The molecule has 15 heavy (non-hydrogen) atoms. The van der Waals surface area contributed by atoms with E-state index in [4.69, 9.17) is 10.9 Å². The lowest BCUT2D eigenvalue weighted by Gasteiger charge is -2.27. The number of hydrogen-bond donors (Lipinski definition) is 3. The van der Waals surface area contributed by atoms with Crippen LogP contribution in [-0.4, -0.2) is 32.8 Å². The van der Waals surface area contributed by atoms with E-state index in [1.165, 1.54) is 0 Å². The fraction of sp³-hybridized carbons (Fsp3) is 1.00. The third-order valence-electron chi connectivity index (χ3n) is 2.75. The fourth-order valence-electron chi connectivity index (χ4n) is 1.99. The van der Waals surface area contributed by atoms with Gasteiger partial charge in [-0.1, -0.05) is 6.42 Å². The Morgan fingerprint density at radius 1 is 1.33 bits per heavy atom. The number of primary sulfonamides is 1. The van der Waals surface area contributed by atoms with Crippen LogP contribution in [0.1, 0.15) is 32.1 Å². The van der Waals surface area contributed by atoms with Crippen molar-refractivity contribution in [3.63, 3.8) is 0 Å². The van der Waals surface area contributed by atoms with E-state index >= 15 is 0 Å². The van der Waals surface area contributed by atoms with Gasteiger partial charge in [-0.05, 0) is 32.2 Å². The van der Waals surface area contributed by atoms with Crippen LogP contribution in [0, 0.1) is 0 Å². The van der Waals surface area contributed by atoms with Gasteiger partial charge in [-0.2, -0.15) is 0 Å². The second kappa shape index (κ2) is 5.79. The third kappa shape index (κ3) is 6.09. The zero-order valence-electron chi connectivity index (χ0n) is 8.98. The second-order valence-electron chi connectivity index (χ2n) is 4.30. The first-order valence-electron chi connectivity index (χ1n) is 5.47. The van der Waals surface area contributed by atoms with Gasteiger partial charge >= 0.3 is 0 Å². The summed E-state index contributed by atoms with van der Waals surface area (Å²) in [7, 11) is -3.30. The Balaban J connectivity index is 2.09. The molecule has 1 fully saturated rings. The molecule has 0 bridgehead atoms. The molecule has 6 heteroatoms. The molecule has 2 atom stereocenters. The summed E-state index contributed by atoms with van der Waals surface area (Å²) in [5.41, 5.74) is 5.84. The van der Waals surface area contributed by atoms with Crippen LogP contribution in [0.3, 0.4) is 0 Å². The first-order chi connectivity index (χ1) is 6.97. The minimum Gasteiger partial charge on any atom is -0.328 e. The molecular formula is C9H21N3O2S. The van der Waals surface area contributed by atoms with Crippen molar-refractivity contribution in [2.45, 2.75) is 44.2 Å². The van der Waals surface area contributed by atoms with E-state index in [1.54, 1.807) is 0 Å². The molecule has 1 aliphatic carbocycles. The molecule has 1 rings (SSSR count). The molecule has 0 spiro atoms. The average Bonchev–Trinajstić information content (AvgIpc) is 2.11. The monoisotopic (exact) mass is 235 g/mol. The Labute approximate surface area is 91.6 Å². The summed E-state index contributed by atoms with van der Waals surface area (Å²) in [5.74, 6) is 0.0543. The lowest BCUT2D eigenvalue weighted by molar-refractivity contribution is 0.340. The maximum Gasteiger partial charge on any atom is 0.209 e. The quantitative estimate of drug-likeness (QED) is 0.561. The molecular weight excluding hydrogens is 214 g/mol. The summed E-state index contributed by atoms with van der Waals surface area (Å²) >= 11 is 0. The van der Waals surface area contributed by atoms with Crippen molar-refractivity contribution < 1.29 is 8.42 Å². The van der Waals surface area contributed by atoms with Gasteiger partial charge in [-0.15, -0.1) is 0 Å². The summed E-state index contributed by atoms with van der Waals surface area (Å²) in [5, 5.41) is 8.23. The number of sulfonamides is 1. The first kappa shape index (κ1) is 12.9. The number of rotatable bonds is 5. The van der Waals surface area contributed by atoms with Crippen molar-refractivity contribution in [1.82, 2.24) is 5.32 Å². The van der Waals surface area contributed by atoms with Crippen molar-refractivity contribution in [3.8, 4) is 0 Å². The van der Waals surface area contributed by atoms with Crippen molar-refractivity contribution >= 4 is 10.0 Å². The van der Waals surface area contributed by atoms with E-state index in [9.17, 15) is 8.42 Å². The smallest absolute Gasteiger partial charge is 0.209 e. The van der Waals surface area contributed by atoms with Crippen molar-refractivity contribution in [2.24, 2.45) is 10.9 Å². The topological polar surface area (TPSA) is 98.2 Å². The molecule has 1 saturated carbocycles. The zero-order chi connectivity index (χ0) is 11.3. The van der Waals surface area contributed by atoms with Gasteiger partial charge in [0.2, 0.25) is 10.0 Å². The minimum atomic E-state index is -3.30. The van der Waals surface area contributed by atoms with Crippen LogP contribution in [0.4, 0.5) is 0 Å². The van der Waals surface area contributed by atoms with Crippen LogP contribution in [-0.2, 0) is 10.0 Å². The fourth-order valence-corrected chi connectivity index (χ4v) is 2.54. The van der Waals surface area contributed by atoms with E-state index < -0.39 is 10.0 Å². The van der Waals surface area contributed by atoms with E-state index in [0.717, 1.165) is 25.7 Å². The van der Waals surface area contributed by atoms with Gasteiger partial charge < -0.3 is 11.1 Å². The van der Waals surface area contributed by atoms with Crippen LogP contribution in [0.25, 0.3) is 0 Å². The summed E-state index contributed by atoms with van der Waals surface area (Å²) < 4.78 is 21.3. The lowest BCUT2D eigenvalue weighted by Crippen LogP contribution is -2.40. The summed E-state index contributed by atoms with van der Waals surface area (Å²) in [6.07, 6.45) is 4.98. The highest BCUT2D eigenvalue weighted by atomic mass is 32.2. The molecule has 2 unspecified atom stereocenters. The lowest BCUT2D eigenvalue weighted by atomic mass is 9.92. The summed E-state index contributed by atoms with van der Waals surface area (Å²) in [6, 6.07) is 0.753. The molecule has 0 aromatic carbocycles. The second-order valence-corrected chi connectivity index (χ2v) is 6.03. The van der Waals surface area contributed by atoms with E-state index in [1.807, 2.05) is 0 Å². The molecule has 0 heterocycles. The van der Waals surface area contributed by atoms with Crippen LogP contribution in [0.2, 0.25) is 0 Å². The largest absolute Gasteiger partial charge is 0.328 e. The molecule has 90 valence electrons. The highest BCUT2D eigenvalue weighted by molar-refractivity contribution is 7.89. The van der Waals surface area contributed by atoms with Crippen molar-refractivity contribution in [1.29, 1.82) is 0 Å². The maximum atomic E-state index is 10.7. The van der Waals surface area contributed by atoms with Gasteiger partial charge in [0.15, 0.2) is 0 Å². The average molecular weight is 235 g/mol. The van der Waals surface area contributed by atoms with Crippen molar-refractivity contribution in [3.05, 3.63) is 0 Å². The number of nitrogens with two attached hydrogens (primary N) is 2. The first-order valence-corrected chi connectivity index (χ1v) is 7.18. The molecule has 0 radical (unpaired) electrons. The Kier molecular flexibility index (Phi) is 4.98. The van der Waals surface area contributed by atoms with Crippen LogP contribution in [0.5, 0.6) is 0 Å². The maximum absolute atomic E-state index is 10.7. The van der Waals surface area contributed by atoms with Gasteiger partial charge in [-0.25, -0.2) is 13.6 Å². The van der Waals surface area contributed by atoms with E-state index in [2.05, 4.69) is 5.32 Å². The van der Waals surface area contributed by atoms with Crippen molar-refractivity contribution in [2.75, 3.05) is 12.3 Å².